The van der Waals surface area contributed by atoms with Gasteiger partial charge < -0.3 is 5.32 Å². The van der Waals surface area contributed by atoms with E-state index in [1.165, 1.54) is 5.56 Å². The number of carbonyl (C=O) groups excluding carboxylic acids is 1. The van der Waals surface area contributed by atoms with Crippen LogP contribution in [0, 0.1) is 0 Å². The molecule has 5 heteroatoms. The van der Waals surface area contributed by atoms with Gasteiger partial charge in [0.25, 0.3) is 0 Å². The van der Waals surface area contributed by atoms with Crippen LogP contribution in [0.4, 0.5) is 0 Å². The summed E-state index contributed by atoms with van der Waals surface area (Å²) < 4.78 is 0. The molecule has 27 heavy (non-hydrogen) atoms. The number of halogens is 2. The van der Waals surface area contributed by atoms with Crippen molar-refractivity contribution in [3.8, 4) is 0 Å². The molecule has 0 unspecified atom stereocenters. The summed E-state index contributed by atoms with van der Waals surface area (Å²) in [5.41, 5.74) is 3.48. The molecule has 0 atom stereocenters. The van der Waals surface area contributed by atoms with E-state index in [0.29, 0.717) is 16.6 Å². The SMILES string of the molecule is CC(C)(C)c1ccc(/C=C/C(=O)NCCSCc2ccc(Cl)cc2Cl)cc1. The molecule has 1 N–H and O–H groups in total. The van der Waals surface area contributed by atoms with Gasteiger partial charge in [0.2, 0.25) is 5.91 Å². The van der Waals surface area contributed by atoms with Crippen molar-refractivity contribution < 1.29 is 4.79 Å². The standard InChI is InChI=1S/C22H25Cl2NOS/c1-22(2,3)18-8-4-16(5-9-18)6-11-21(26)25-12-13-27-15-17-7-10-19(23)14-20(17)24/h4-11,14H,12-13,15H2,1-3H3,(H,25,26)/b11-6+. The van der Waals surface area contributed by atoms with Gasteiger partial charge in [-0.2, -0.15) is 11.8 Å². The number of thioether (sulfide) groups is 1. The Balaban J connectivity index is 1.70. The zero-order valence-electron chi connectivity index (χ0n) is 15.9. The third kappa shape index (κ3) is 7.61. The highest BCUT2D eigenvalue weighted by molar-refractivity contribution is 7.98. The largest absolute Gasteiger partial charge is 0.352 e. The lowest BCUT2D eigenvalue weighted by Crippen LogP contribution is -2.23. The average molecular weight is 422 g/mol. The van der Waals surface area contributed by atoms with E-state index in [-0.39, 0.29) is 11.3 Å². The fraction of sp³-hybridized carbons (Fsp3) is 0.318. The van der Waals surface area contributed by atoms with Gasteiger partial charge in [-0.25, -0.2) is 0 Å². The summed E-state index contributed by atoms with van der Waals surface area (Å²) in [5, 5.41) is 4.22. The minimum atomic E-state index is -0.0833. The molecule has 0 saturated heterocycles. The number of benzene rings is 2. The number of rotatable bonds is 7. The molecule has 0 bridgehead atoms. The lowest BCUT2D eigenvalue weighted by molar-refractivity contribution is -0.116. The van der Waals surface area contributed by atoms with Crippen LogP contribution in [-0.4, -0.2) is 18.2 Å². The van der Waals surface area contributed by atoms with Gasteiger partial charge in [-0.05, 0) is 40.3 Å². The maximum Gasteiger partial charge on any atom is 0.244 e. The van der Waals surface area contributed by atoms with E-state index in [9.17, 15) is 4.79 Å². The van der Waals surface area contributed by atoms with Crippen LogP contribution in [-0.2, 0) is 16.0 Å². The lowest BCUT2D eigenvalue weighted by Gasteiger charge is -2.18. The first-order valence-electron chi connectivity index (χ1n) is 8.84. The van der Waals surface area contributed by atoms with Gasteiger partial charge in [0.15, 0.2) is 0 Å². The third-order valence-corrected chi connectivity index (χ3v) is 5.62. The van der Waals surface area contributed by atoms with Gasteiger partial charge in [-0.15, -0.1) is 0 Å². The van der Waals surface area contributed by atoms with Crippen LogP contribution in [0.1, 0.15) is 37.5 Å². The summed E-state index contributed by atoms with van der Waals surface area (Å²) in [5.74, 6) is 1.53. The van der Waals surface area contributed by atoms with E-state index in [0.717, 1.165) is 22.6 Å². The molecule has 2 nitrogen and oxygen atoms in total. The van der Waals surface area contributed by atoms with Crippen molar-refractivity contribution in [2.75, 3.05) is 12.3 Å². The van der Waals surface area contributed by atoms with E-state index in [4.69, 9.17) is 23.2 Å². The highest BCUT2D eigenvalue weighted by Gasteiger charge is 2.12. The van der Waals surface area contributed by atoms with E-state index in [2.05, 4.69) is 38.2 Å². The molecule has 2 rings (SSSR count). The van der Waals surface area contributed by atoms with Crippen molar-refractivity contribution in [1.82, 2.24) is 5.32 Å². The van der Waals surface area contributed by atoms with E-state index in [1.54, 1.807) is 23.9 Å². The summed E-state index contributed by atoms with van der Waals surface area (Å²) >= 11 is 13.8. The van der Waals surface area contributed by atoms with Crippen molar-refractivity contribution >= 4 is 46.9 Å². The minimum absolute atomic E-state index is 0.0833. The number of amides is 1. The summed E-state index contributed by atoms with van der Waals surface area (Å²) in [4.78, 5) is 11.9. The second-order valence-electron chi connectivity index (χ2n) is 7.28. The summed E-state index contributed by atoms with van der Waals surface area (Å²) in [7, 11) is 0. The number of carbonyl (C=O) groups is 1. The Kier molecular flexibility index (Phi) is 8.28. The van der Waals surface area contributed by atoms with E-state index >= 15 is 0 Å². The first kappa shape index (κ1) is 21.9. The van der Waals surface area contributed by atoms with Crippen LogP contribution < -0.4 is 5.32 Å². The summed E-state index contributed by atoms with van der Waals surface area (Å²) in [6.45, 7) is 7.17. The average Bonchev–Trinajstić information content (AvgIpc) is 2.61. The van der Waals surface area contributed by atoms with E-state index < -0.39 is 0 Å². The molecule has 0 saturated carbocycles. The predicted molar refractivity (Wildman–Crippen MR) is 120 cm³/mol. The number of nitrogens with one attached hydrogen (secondary N) is 1. The second-order valence-corrected chi connectivity index (χ2v) is 9.23. The molecule has 0 aliphatic heterocycles. The highest BCUT2D eigenvalue weighted by atomic mass is 35.5. The summed E-state index contributed by atoms with van der Waals surface area (Å²) in [6, 6.07) is 13.8. The lowest BCUT2D eigenvalue weighted by atomic mass is 9.87. The van der Waals surface area contributed by atoms with Crippen LogP contribution >= 0.6 is 35.0 Å². The normalized spacial score (nSPS) is 11.7. The van der Waals surface area contributed by atoms with Crippen molar-refractivity contribution in [3.63, 3.8) is 0 Å². The summed E-state index contributed by atoms with van der Waals surface area (Å²) in [6.07, 6.45) is 3.41. The Hall–Kier alpha value is -1.42. The first-order valence-corrected chi connectivity index (χ1v) is 10.7. The molecule has 0 fully saturated rings. The Morgan fingerprint density at radius 3 is 2.44 bits per heavy atom. The zero-order valence-corrected chi connectivity index (χ0v) is 18.2. The molecule has 0 heterocycles. The van der Waals surface area contributed by atoms with Crippen molar-refractivity contribution in [2.24, 2.45) is 0 Å². The molecule has 0 aromatic heterocycles. The number of hydrogen-bond donors (Lipinski definition) is 1. The molecule has 0 aliphatic carbocycles. The Labute approximate surface area is 176 Å². The molecule has 2 aromatic rings. The van der Waals surface area contributed by atoms with Gasteiger partial charge in [-0.1, -0.05) is 74.3 Å². The van der Waals surface area contributed by atoms with Gasteiger partial charge in [0, 0.05) is 34.2 Å². The molecular weight excluding hydrogens is 397 g/mol. The van der Waals surface area contributed by atoms with Crippen LogP contribution in [0.2, 0.25) is 10.0 Å². The van der Waals surface area contributed by atoms with Gasteiger partial charge in [0.05, 0.1) is 0 Å². The van der Waals surface area contributed by atoms with Crippen LogP contribution in [0.5, 0.6) is 0 Å². The molecule has 144 valence electrons. The van der Waals surface area contributed by atoms with Gasteiger partial charge in [-0.3, -0.25) is 4.79 Å². The van der Waals surface area contributed by atoms with Crippen molar-refractivity contribution in [3.05, 3.63) is 75.3 Å². The van der Waals surface area contributed by atoms with Gasteiger partial charge >= 0.3 is 0 Å². The third-order valence-electron chi connectivity index (χ3n) is 4.02. The fourth-order valence-electron chi connectivity index (χ4n) is 2.39. The molecule has 2 aromatic carbocycles. The Morgan fingerprint density at radius 2 is 1.81 bits per heavy atom. The highest BCUT2D eigenvalue weighted by Crippen LogP contribution is 2.24. The Bertz CT molecular complexity index is 795. The maximum atomic E-state index is 11.9. The van der Waals surface area contributed by atoms with Crippen LogP contribution in [0.15, 0.2) is 48.5 Å². The van der Waals surface area contributed by atoms with Crippen LogP contribution in [0.25, 0.3) is 6.08 Å². The molecule has 0 radical (unpaired) electrons. The Morgan fingerprint density at radius 1 is 1.11 bits per heavy atom. The minimum Gasteiger partial charge on any atom is -0.352 e. The maximum absolute atomic E-state index is 11.9. The molecular formula is C22H25Cl2NOS. The van der Waals surface area contributed by atoms with E-state index in [1.807, 2.05) is 30.3 Å². The topological polar surface area (TPSA) is 29.1 Å². The van der Waals surface area contributed by atoms with Crippen molar-refractivity contribution in [1.29, 1.82) is 0 Å². The monoisotopic (exact) mass is 421 g/mol. The smallest absolute Gasteiger partial charge is 0.244 e. The molecule has 1 amide bonds. The van der Waals surface area contributed by atoms with Crippen molar-refractivity contribution in [2.45, 2.75) is 31.9 Å². The number of hydrogen-bond acceptors (Lipinski definition) is 2. The molecule has 0 spiro atoms. The van der Waals surface area contributed by atoms with Crippen LogP contribution in [0.3, 0.4) is 0 Å². The predicted octanol–water partition coefficient (Wildman–Crippen LogP) is 6.35. The molecule has 0 aliphatic rings. The zero-order chi connectivity index (χ0) is 19.9. The quantitative estimate of drug-likeness (QED) is 0.416. The second kappa shape index (κ2) is 10.2. The first-order chi connectivity index (χ1) is 12.8. The fourth-order valence-corrected chi connectivity index (χ4v) is 3.81. The van der Waals surface area contributed by atoms with Gasteiger partial charge in [0.1, 0.15) is 0 Å².